The third kappa shape index (κ3) is 4.30. The highest BCUT2D eigenvalue weighted by Crippen LogP contribution is 2.20. The molecule has 0 amide bonds. The molecule has 124 valence electrons. The number of nitrogens with two attached hydrogens (primary N) is 1. The lowest BCUT2D eigenvalue weighted by Gasteiger charge is -2.23. The van der Waals surface area contributed by atoms with Gasteiger partial charge in [-0.1, -0.05) is 30.3 Å². The van der Waals surface area contributed by atoms with Crippen LogP contribution < -0.4 is 5.73 Å². The van der Waals surface area contributed by atoms with Gasteiger partial charge in [0.1, 0.15) is 12.8 Å². The Morgan fingerprint density at radius 3 is 2.61 bits per heavy atom. The van der Waals surface area contributed by atoms with E-state index in [9.17, 15) is 14.7 Å². The summed E-state index contributed by atoms with van der Waals surface area (Å²) in [5, 5.41) is 9.79. The Morgan fingerprint density at radius 2 is 2.04 bits per heavy atom. The molecule has 3 N–H and O–H groups in total. The van der Waals surface area contributed by atoms with E-state index in [2.05, 4.69) is 0 Å². The van der Waals surface area contributed by atoms with E-state index in [1.54, 1.807) is 43.3 Å². The number of rotatable bonds is 6. The highest BCUT2D eigenvalue weighted by molar-refractivity contribution is 5.81. The van der Waals surface area contributed by atoms with Gasteiger partial charge in [-0.05, 0) is 19.2 Å². The fourth-order valence-electron chi connectivity index (χ4n) is 2.18. The maximum Gasteiger partial charge on any atom is 0.352 e. The number of carbonyl (C=O) groups is 2. The molecule has 1 aromatic carbocycles. The van der Waals surface area contributed by atoms with Crippen LogP contribution in [-0.2, 0) is 19.1 Å². The molecule has 1 aliphatic rings. The standard InChI is InChI=1S/C16H20N2O5/c1-2-22-16(21)14(11-6-4-3-5-7-11)23-13(19)10-18-9-8-12(17)15(18)20/h3-9,12,14-15,20H,2,10,17H2,1H3/t12?,14-,15?/m0/s1. The number of ether oxygens (including phenoxy) is 2. The summed E-state index contributed by atoms with van der Waals surface area (Å²) in [5.74, 6) is -1.30. The first-order chi connectivity index (χ1) is 11.0. The van der Waals surface area contributed by atoms with Crippen molar-refractivity contribution in [3.8, 4) is 0 Å². The van der Waals surface area contributed by atoms with Gasteiger partial charge in [0.05, 0.1) is 12.6 Å². The molecule has 0 bridgehead atoms. The summed E-state index contributed by atoms with van der Waals surface area (Å²) in [6.45, 7) is 1.64. The second-order valence-electron chi connectivity index (χ2n) is 5.04. The van der Waals surface area contributed by atoms with Gasteiger partial charge in [-0.15, -0.1) is 0 Å². The van der Waals surface area contributed by atoms with Crippen LogP contribution in [0.25, 0.3) is 0 Å². The summed E-state index contributed by atoms with van der Waals surface area (Å²) >= 11 is 0. The van der Waals surface area contributed by atoms with Crippen LogP contribution in [0.2, 0.25) is 0 Å². The first-order valence-electron chi connectivity index (χ1n) is 7.31. The fraction of sp³-hybridized carbons (Fsp3) is 0.375. The summed E-state index contributed by atoms with van der Waals surface area (Å²) in [6, 6.07) is 8.06. The molecule has 2 unspecified atom stereocenters. The number of benzene rings is 1. The predicted octanol–water partition coefficient (Wildman–Crippen LogP) is 0.309. The minimum Gasteiger partial charge on any atom is -0.463 e. The Bertz CT molecular complexity index is 575. The quantitative estimate of drug-likeness (QED) is 0.727. The Hall–Kier alpha value is -2.38. The molecular formula is C16H20N2O5. The maximum absolute atomic E-state index is 12.1. The highest BCUT2D eigenvalue weighted by Gasteiger charge is 2.30. The topological polar surface area (TPSA) is 102 Å². The van der Waals surface area contributed by atoms with E-state index in [1.807, 2.05) is 0 Å². The van der Waals surface area contributed by atoms with Crippen molar-refractivity contribution >= 4 is 11.9 Å². The molecule has 7 nitrogen and oxygen atoms in total. The number of aliphatic hydroxyl groups excluding tert-OH is 1. The van der Waals surface area contributed by atoms with Crippen molar-refractivity contribution in [1.82, 2.24) is 4.90 Å². The summed E-state index contributed by atoms with van der Waals surface area (Å²) < 4.78 is 10.2. The number of esters is 2. The van der Waals surface area contributed by atoms with Crippen LogP contribution in [-0.4, -0.2) is 47.4 Å². The summed E-state index contributed by atoms with van der Waals surface area (Å²) in [4.78, 5) is 25.5. The van der Waals surface area contributed by atoms with Crippen LogP contribution in [0.5, 0.6) is 0 Å². The molecule has 1 aliphatic heterocycles. The smallest absolute Gasteiger partial charge is 0.352 e. The van der Waals surface area contributed by atoms with Crippen molar-refractivity contribution in [2.45, 2.75) is 25.3 Å². The molecule has 0 fully saturated rings. The van der Waals surface area contributed by atoms with Crippen molar-refractivity contribution in [3.63, 3.8) is 0 Å². The van der Waals surface area contributed by atoms with E-state index in [4.69, 9.17) is 15.2 Å². The molecule has 0 aliphatic carbocycles. The van der Waals surface area contributed by atoms with Crippen LogP contribution in [0.1, 0.15) is 18.6 Å². The van der Waals surface area contributed by atoms with E-state index in [1.165, 1.54) is 11.1 Å². The zero-order valence-corrected chi connectivity index (χ0v) is 12.8. The van der Waals surface area contributed by atoms with Crippen LogP contribution in [0.15, 0.2) is 42.6 Å². The Labute approximate surface area is 134 Å². The number of hydrogen-bond donors (Lipinski definition) is 2. The average molecular weight is 320 g/mol. The first-order valence-corrected chi connectivity index (χ1v) is 7.31. The van der Waals surface area contributed by atoms with Crippen molar-refractivity contribution in [1.29, 1.82) is 0 Å². The first kappa shape index (κ1) is 17.0. The lowest BCUT2D eigenvalue weighted by atomic mass is 10.1. The normalized spacial score (nSPS) is 21.1. The third-order valence-corrected chi connectivity index (χ3v) is 3.35. The molecule has 23 heavy (non-hydrogen) atoms. The van der Waals surface area contributed by atoms with Gasteiger partial charge in [-0.25, -0.2) is 4.79 Å². The van der Waals surface area contributed by atoms with E-state index in [-0.39, 0.29) is 13.2 Å². The average Bonchev–Trinajstić information content (AvgIpc) is 2.85. The van der Waals surface area contributed by atoms with Gasteiger partial charge in [0.25, 0.3) is 0 Å². The Morgan fingerprint density at radius 1 is 1.35 bits per heavy atom. The Balaban J connectivity index is 2.04. The third-order valence-electron chi connectivity index (χ3n) is 3.35. The number of nitrogens with zero attached hydrogens (tertiary/aromatic N) is 1. The zero-order chi connectivity index (χ0) is 16.8. The van der Waals surface area contributed by atoms with Gasteiger partial charge in [0.2, 0.25) is 6.10 Å². The van der Waals surface area contributed by atoms with Gasteiger partial charge >= 0.3 is 11.9 Å². The van der Waals surface area contributed by atoms with Gasteiger partial charge in [-0.3, -0.25) is 4.79 Å². The van der Waals surface area contributed by atoms with Crippen LogP contribution in [0.3, 0.4) is 0 Å². The minimum absolute atomic E-state index is 0.183. The van der Waals surface area contributed by atoms with Crippen LogP contribution in [0.4, 0.5) is 0 Å². The van der Waals surface area contributed by atoms with E-state index >= 15 is 0 Å². The lowest BCUT2D eigenvalue weighted by Crippen LogP contribution is -2.42. The SMILES string of the molecule is CCOC(=O)[C@@H](OC(=O)CN1C=CC(N)C1O)c1ccccc1. The lowest BCUT2D eigenvalue weighted by molar-refractivity contribution is -0.169. The molecule has 0 saturated heterocycles. The molecule has 1 heterocycles. The molecule has 1 aromatic rings. The number of carbonyl (C=O) groups excluding carboxylic acids is 2. The number of aliphatic hydroxyl groups is 1. The molecule has 0 saturated carbocycles. The molecule has 7 heteroatoms. The van der Waals surface area contributed by atoms with Gasteiger partial charge < -0.3 is 25.2 Å². The van der Waals surface area contributed by atoms with Gasteiger partial charge in [-0.2, -0.15) is 0 Å². The maximum atomic E-state index is 12.1. The second kappa shape index (κ2) is 7.75. The molecule has 2 rings (SSSR count). The molecular weight excluding hydrogens is 300 g/mol. The largest absolute Gasteiger partial charge is 0.463 e. The summed E-state index contributed by atoms with van der Waals surface area (Å²) in [6.07, 6.45) is 0.984. The van der Waals surface area contributed by atoms with Crippen molar-refractivity contribution in [2.24, 2.45) is 5.73 Å². The highest BCUT2D eigenvalue weighted by atomic mass is 16.6. The summed E-state index contributed by atoms with van der Waals surface area (Å²) in [7, 11) is 0. The second-order valence-corrected chi connectivity index (χ2v) is 5.04. The molecule has 0 radical (unpaired) electrons. The van der Waals surface area contributed by atoms with Crippen molar-refractivity contribution < 1.29 is 24.2 Å². The minimum atomic E-state index is -1.14. The van der Waals surface area contributed by atoms with Gasteiger partial charge in [0.15, 0.2) is 0 Å². The molecule has 0 aromatic heterocycles. The summed E-state index contributed by atoms with van der Waals surface area (Å²) in [5.41, 5.74) is 6.14. The predicted molar refractivity (Wildman–Crippen MR) is 81.7 cm³/mol. The van der Waals surface area contributed by atoms with E-state index in [0.717, 1.165) is 0 Å². The number of hydrogen-bond acceptors (Lipinski definition) is 7. The fourth-order valence-corrected chi connectivity index (χ4v) is 2.18. The zero-order valence-electron chi connectivity index (χ0n) is 12.8. The van der Waals surface area contributed by atoms with Crippen molar-refractivity contribution in [3.05, 3.63) is 48.2 Å². The van der Waals surface area contributed by atoms with Crippen LogP contribution in [0, 0.1) is 0 Å². The van der Waals surface area contributed by atoms with E-state index in [0.29, 0.717) is 5.56 Å². The monoisotopic (exact) mass is 320 g/mol. The van der Waals surface area contributed by atoms with E-state index < -0.39 is 30.3 Å². The molecule has 3 atom stereocenters. The molecule has 0 spiro atoms. The van der Waals surface area contributed by atoms with Crippen molar-refractivity contribution in [2.75, 3.05) is 13.2 Å². The Kier molecular flexibility index (Phi) is 5.72. The van der Waals surface area contributed by atoms with Crippen LogP contribution >= 0.6 is 0 Å². The van der Waals surface area contributed by atoms with Gasteiger partial charge in [0, 0.05) is 5.56 Å².